The van der Waals surface area contributed by atoms with E-state index in [1.54, 1.807) is 11.8 Å². The van der Waals surface area contributed by atoms with Crippen LogP contribution in [-0.4, -0.2) is 41.3 Å². The third kappa shape index (κ3) is 2.78. The van der Waals surface area contributed by atoms with Crippen LogP contribution in [0.1, 0.15) is 13.8 Å². The fraction of sp³-hybridized carbons (Fsp3) is 0.545. The lowest BCUT2D eigenvalue weighted by atomic mass is 10.2. The molecule has 0 bridgehead atoms. The molecule has 1 aromatic heterocycles. The molecule has 1 saturated heterocycles. The number of nitrogens with one attached hydrogen (secondary N) is 1. The summed E-state index contributed by atoms with van der Waals surface area (Å²) < 4.78 is 26.2. The Hall–Kier alpha value is -0.790. The zero-order valence-corrected chi connectivity index (χ0v) is 12.0. The predicted octanol–water partition coefficient (Wildman–Crippen LogP) is 0.891. The molecule has 100 valence electrons. The van der Waals surface area contributed by atoms with Gasteiger partial charge in [-0.1, -0.05) is 0 Å². The fourth-order valence-electron chi connectivity index (χ4n) is 1.88. The highest BCUT2D eigenvalue weighted by molar-refractivity contribution is 8.00. The number of sulfonamides is 1. The maximum absolute atomic E-state index is 12.4. The first-order valence-electron chi connectivity index (χ1n) is 5.64. The maximum Gasteiger partial charge on any atom is 0.247 e. The second-order valence-corrected chi connectivity index (χ2v) is 8.58. The Morgan fingerprint density at radius 1 is 1.39 bits per heavy atom. The van der Waals surface area contributed by atoms with Crippen LogP contribution in [0.15, 0.2) is 28.0 Å². The Morgan fingerprint density at radius 2 is 2.11 bits per heavy atom. The molecule has 2 heterocycles. The summed E-state index contributed by atoms with van der Waals surface area (Å²) in [5, 5.41) is 0. The maximum atomic E-state index is 12.4. The smallest absolute Gasteiger partial charge is 0.247 e. The van der Waals surface area contributed by atoms with Gasteiger partial charge in [-0.3, -0.25) is 4.79 Å². The van der Waals surface area contributed by atoms with Crippen molar-refractivity contribution in [3.63, 3.8) is 0 Å². The molecule has 0 aromatic carbocycles. The molecule has 1 N–H and O–H groups in total. The summed E-state index contributed by atoms with van der Waals surface area (Å²) in [5.41, 5.74) is -0.302. The quantitative estimate of drug-likeness (QED) is 0.877. The monoisotopic (exact) mass is 288 g/mol. The second-order valence-electron chi connectivity index (χ2n) is 4.84. The highest BCUT2D eigenvalue weighted by Gasteiger charge is 2.34. The van der Waals surface area contributed by atoms with Crippen molar-refractivity contribution in [1.82, 2.24) is 9.29 Å². The van der Waals surface area contributed by atoms with E-state index in [4.69, 9.17) is 0 Å². The molecule has 0 atom stereocenters. The van der Waals surface area contributed by atoms with E-state index in [1.165, 1.54) is 22.6 Å². The van der Waals surface area contributed by atoms with Crippen molar-refractivity contribution in [2.75, 3.05) is 18.8 Å². The Kier molecular flexibility index (Phi) is 3.57. The predicted molar refractivity (Wildman–Crippen MR) is 72.4 cm³/mol. The summed E-state index contributed by atoms with van der Waals surface area (Å²) in [6.45, 7) is 5.06. The fourth-order valence-corrected chi connectivity index (χ4v) is 4.76. The molecule has 0 radical (unpaired) electrons. The molecule has 0 aliphatic carbocycles. The van der Waals surface area contributed by atoms with E-state index in [0.29, 0.717) is 13.1 Å². The summed E-state index contributed by atoms with van der Waals surface area (Å²) in [6, 6.07) is 2.58. The highest BCUT2D eigenvalue weighted by Crippen LogP contribution is 2.32. The summed E-state index contributed by atoms with van der Waals surface area (Å²) in [5.74, 6) is 0.787. The third-order valence-electron chi connectivity index (χ3n) is 2.78. The van der Waals surface area contributed by atoms with Gasteiger partial charge in [0, 0.05) is 35.9 Å². The lowest BCUT2D eigenvalue weighted by Crippen LogP contribution is -2.46. The van der Waals surface area contributed by atoms with Gasteiger partial charge in [0.15, 0.2) is 0 Å². The lowest BCUT2D eigenvalue weighted by Gasteiger charge is -2.36. The van der Waals surface area contributed by atoms with E-state index in [1.807, 2.05) is 13.8 Å². The van der Waals surface area contributed by atoms with E-state index in [2.05, 4.69) is 4.98 Å². The largest absolute Gasteiger partial charge is 0.328 e. The summed E-state index contributed by atoms with van der Waals surface area (Å²) >= 11 is 1.77. The van der Waals surface area contributed by atoms with Crippen LogP contribution in [0, 0.1) is 0 Å². The van der Waals surface area contributed by atoms with Crippen molar-refractivity contribution in [3.8, 4) is 0 Å². The Labute approximate surface area is 111 Å². The van der Waals surface area contributed by atoms with E-state index < -0.39 is 10.0 Å². The van der Waals surface area contributed by atoms with Gasteiger partial charge in [-0.2, -0.15) is 16.1 Å². The number of aromatic nitrogens is 1. The second kappa shape index (κ2) is 4.71. The zero-order valence-electron chi connectivity index (χ0n) is 10.3. The topological polar surface area (TPSA) is 70.2 Å². The summed E-state index contributed by atoms with van der Waals surface area (Å²) in [7, 11) is -3.50. The Bertz CT molecular complexity index is 572. The van der Waals surface area contributed by atoms with E-state index >= 15 is 0 Å². The van der Waals surface area contributed by atoms with Crippen molar-refractivity contribution < 1.29 is 8.42 Å². The lowest BCUT2D eigenvalue weighted by molar-refractivity contribution is 0.387. The SMILES string of the molecule is CC1(C)CN(S(=O)(=O)c2ccc(=O)[nH]c2)CCS1. The number of aromatic amines is 1. The van der Waals surface area contributed by atoms with Crippen LogP contribution >= 0.6 is 11.8 Å². The van der Waals surface area contributed by atoms with Crippen molar-refractivity contribution >= 4 is 21.8 Å². The Morgan fingerprint density at radius 3 is 2.67 bits per heavy atom. The molecule has 5 nitrogen and oxygen atoms in total. The number of nitrogens with zero attached hydrogens (tertiary/aromatic N) is 1. The molecule has 18 heavy (non-hydrogen) atoms. The average molecular weight is 288 g/mol. The standard InChI is InChI=1S/C11H16N2O3S2/c1-11(2)8-13(5-6-17-11)18(15,16)9-3-4-10(14)12-7-9/h3-4,7H,5-6,8H2,1-2H3,(H,12,14). The molecule has 7 heteroatoms. The van der Waals surface area contributed by atoms with Crippen LogP contribution in [0.2, 0.25) is 0 Å². The van der Waals surface area contributed by atoms with Gasteiger partial charge in [0.2, 0.25) is 15.6 Å². The average Bonchev–Trinajstić information content (AvgIpc) is 2.28. The molecular weight excluding hydrogens is 272 g/mol. The van der Waals surface area contributed by atoms with Gasteiger partial charge < -0.3 is 4.98 Å². The van der Waals surface area contributed by atoms with Crippen molar-refractivity contribution in [2.24, 2.45) is 0 Å². The first-order chi connectivity index (χ1) is 8.31. The van der Waals surface area contributed by atoms with Gasteiger partial charge in [-0.15, -0.1) is 0 Å². The van der Waals surface area contributed by atoms with Gasteiger partial charge in [0.05, 0.1) is 4.90 Å². The van der Waals surface area contributed by atoms with Gasteiger partial charge in [-0.25, -0.2) is 8.42 Å². The molecule has 0 spiro atoms. The summed E-state index contributed by atoms with van der Waals surface area (Å²) in [6.07, 6.45) is 1.26. The van der Waals surface area contributed by atoms with Crippen molar-refractivity contribution in [1.29, 1.82) is 0 Å². The Balaban J connectivity index is 2.31. The van der Waals surface area contributed by atoms with Gasteiger partial charge in [0.25, 0.3) is 0 Å². The minimum Gasteiger partial charge on any atom is -0.328 e. The number of rotatable bonds is 2. The number of pyridine rings is 1. The molecular formula is C11H16N2O3S2. The normalized spacial score (nSPS) is 20.8. The van der Waals surface area contributed by atoms with E-state index in [9.17, 15) is 13.2 Å². The number of H-pyrrole nitrogens is 1. The number of hydrogen-bond acceptors (Lipinski definition) is 4. The molecule has 1 aromatic rings. The number of hydrogen-bond donors (Lipinski definition) is 1. The molecule has 0 unspecified atom stereocenters. The molecule has 2 rings (SSSR count). The van der Waals surface area contributed by atoms with Crippen LogP contribution in [0.5, 0.6) is 0 Å². The first kappa shape index (κ1) is 13.6. The van der Waals surface area contributed by atoms with Gasteiger partial charge in [0.1, 0.15) is 0 Å². The minimum atomic E-state index is -3.50. The zero-order chi connectivity index (χ0) is 13.4. The van der Waals surface area contributed by atoms with E-state index in [0.717, 1.165) is 5.75 Å². The third-order valence-corrected chi connectivity index (χ3v) is 5.92. The minimum absolute atomic E-state index is 0.0759. The molecule has 0 amide bonds. The molecule has 1 fully saturated rings. The van der Waals surface area contributed by atoms with Gasteiger partial charge >= 0.3 is 0 Å². The van der Waals surface area contributed by atoms with Crippen LogP contribution < -0.4 is 5.56 Å². The van der Waals surface area contributed by atoms with Gasteiger partial charge in [-0.05, 0) is 19.9 Å². The molecule has 1 aliphatic rings. The molecule has 1 aliphatic heterocycles. The van der Waals surface area contributed by atoms with Crippen LogP contribution in [0.3, 0.4) is 0 Å². The molecule has 0 saturated carbocycles. The number of thioether (sulfide) groups is 1. The van der Waals surface area contributed by atoms with Crippen LogP contribution in [-0.2, 0) is 10.0 Å². The van der Waals surface area contributed by atoms with Crippen LogP contribution in [0.25, 0.3) is 0 Å². The van der Waals surface area contributed by atoms with Crippen LogP contribution in [0.4, 0.5) is 0 Å². The first-order valence-corrected chi connectivity index (χ1v) is 8.07. The van der Waals surface area contributed by atoms with Crippen molar-refractivity contribution in [2.45, 2.75) is 23.5 Å². The van der Waals surface area contributed by atoms with Crippen molar-refractivity contribution in [3.05, 3.63) is 28.7 Å². The highest BCUT2D eigenvalue weighted by atomic mass is 32.2. The van der Waals surface area contributed by atoms with E-state index in [-0.39, 0.29) is 15.2 Å². The summed E-state index contributed by atoms with van der Waals surface area (Å²) in [4.78, 5) is 13.5.